The topological polar surface area (TPSA) is 51.7 Å². The quantitative estimate of drug-likeness (QED) is 0.630. The molecule has 0 saturated carbocycles. The Bertz CT molecular complexity index is 1130. The van der Waals surface area contributed by atoms with Crippen molar-refractivity contribution in [2.45, 2.75) is 13.1 Å². The van der Waals surface area contributed by atoms with Crippen LogP contribution in [0.4, 0.5) is 4.39 Å². The number of benzene rings is 2. The maximum atomic E-state index is 13.5. The Hall–Kier alpha value is -3.51. The van der Waals surface area contributed by atoms with Gasteiger partial charge in [-0.25, -0.2) is 4.39 Å². The fourth-order valence-electron chi connectivity index (χ4n) is 3.60. The Balaban J connectivity index is 1.44. The summed E-state index contributed by atoms with van der Waals surface area (Å²) in [4.78, 5) is 19.1. The Kier molecular flexibility index (Phi) is 4.33. The molecule has 0 radical (unpaired) electrons. The number of hydrogen-bond acceptors (Lipinski definition) is 5. The zero-order valence-corrected chi connectivity index (χ0v) is 15.5. The summed E-state index contributed by atoms with van der Waals surface area (Å²) in [5, 5.41) is 0. The van der Waals surface area contributed by atoms with Crippen LogP contribution in [0.3, 0.4) is 0 Å². The molecular weight excluding hydrogens is 371 g/mol. The molecule has 0 N–H and O–H groups in total. The van der Waals surface area contributed by atoms with Crippen LogP contribution in [0.25, 0.3) is 6.08 Å². The molecule has 29 heavy (non-hydrogen) atoms. The van der Waals surface area contributed by atoms with Crippen LogP contribution in [0.2, 0.25) is 0 Å². The molecule has 5 rings (SSSR count). The van der Waals surface area contributed by atoms with Gasteiger partial charge >= 0.3 is 0 Å². The number of carbonyl (C=O) groups is 1. The summed E-state index contributed by atoms with van der Waals surface area (Å²) < 4.78 is 25.3. The number of fused-ring (bicyclic) bond motifs is 3. The number of aromatic nitrogens is 1. The largest absolute Gasteiger partial charge is 0.478 e. The van der Waals surface area contributed by atoms with Crippen molar-refractivity contribution in [2.75, 3.05) is 6.73 Å². The van der Waals surface area contributed by atoms with Crippen LogP contribution >= 0.6 is 0 Å². The first-order chi connectivity index (χ1) is 14.2. The van der Waals surface area contributed by atoms with E-state index in [0.29, 0.717) is 42.4 Å². The molecule has 2 aromatic carbocycles. The van der Waals surface area contributed by atoms with E-state index in [1.54, 1.807) is 30.5 Å². The molecule has 6 heteroatoms. The standard InChI is InChI=1S/C23H17FN2O3/c24-17-5-1-3-15(9-17)10-21-22(27)18-6-7-20-19(23(18)29-21)13-26(14-28-20)12-16-4-2-8-25-11-16/h1-11H,12-14H2/b21-10-. The molecule has 5 nitrogen and oxygen atoms in total. The molecule has 3 heterocycles. The van der Waals surface area contributed by atoms with Gasteiger partial charge in [0.25, 0.3) is 0 Å². The van der Waals surface area contributed by atoms with Crippen molar-refractivity contribution >= 4 is 11.9 Å². The Labute approximate surface area is 167 Å². The van der Waals surface area contributed by atoms with Crippen molar-refractivity contribution < 1.29 is 18.7 Å². The van der Waals surface area contributed by atoms with Gasteiger partial charge in [-0.1, -0.05) is 18.2 Å². The summed E-state index contributed by atoms with van der Waals surface area (Å²) in [6.45, 7) is 1.71. The first-order valence-corrected chi connectivity index (χ1v) is 9.27. The molecular formula is C23H17FN2O3. The predicted octanol–water partition coefficient (Wildman–Crippen LogP) is 4.19. The highest BCUT2D eigenvalue weighted by Gasteiger charge is 2.33. The van der Waals surface area contributed by atoms with Crippen LogP contribution < -0.4 is 9.47 Å². The van der Waals surface area contributed by atoms with Crippen LogP contribution in [0.15, 0.2) is 66.7 Å². The van der Waals surface area contributed by atoms with Crippen LogP contribution in [0.5, 0.6) is 11.5 Å². The smallest absolute Gasteiger partial charge is 0.231 e. The number of nitrogens with zero attached hydrogens (tertiary/aromatic N) is 2. The summed E-state index contributed by atoms with van der Waals surface area (Å²) in [6, 6.07) is 13.5. The van der Waals surface area contributed by atoms with Gasteiger partial charge in [0.1, 0.15) is 24.0 Å². The van der Waals surface area contributed by atoms with Crippen molar-refractivity contribution in [2.24, 2.45) is 0 Å². The van der Waals surface area contributed by atoms with E-state index in [0.717, 1.165) is 11.1 Å². The predicted molar refractivity (Wildman–Crippen MR) is 105 cm³/mol. The fraction of sp³-hybridized carbons (Fsp3) is 0.130. The highest BCUT2D eigenvalue weighted by Crippen LogP contribution is 2.42. The van der Waals surface area contributed by atoms with E-state index in [1.165, 1.54) is 12.1 Å². The van der Waals surface area contributed by atoms with Gasteiger partial charge in [-0.3, -0.25) is 14.7 Å². The van der Waals surface area contributed by atoms with Gasteiger partial charge in [0.2, 0.25) is 5.78 Å². The molecule has 1 aromatic heterocycles. The van der Waals surface area contributed by atoms with E-state index in [1.807, 2.05) is 24.4 Å². The molecule has 0 spiro atoms. The molecule has 3 aromatic rings. The van der Waals surface area contributed by atoms with Gasteiger partial charge in [-0.2, -0.15) is 0 Å². The second kappa shape index (κ2) is 7.14. The van der Waals surface area contributed by atoms with Crippen LogP contribution in [0.1, 0.15) is 27.0 Å². The lowest BCUT2D eigenvalue weighted by Crippen LogP contribution is -2.31. The van der Waals surface area contributed by atoms with Crippen molar-refractivity contribution in [1.29, 1.82) is 0 Å². The summed E-state index contributed by atoms with van der Waals surface area (Å²) in [6.07, 6.45) is 5.13. The summed E-state index contributed by atoms with van der Waals surface area (Å²) in [5.41, 5.74) is 2.99. The lowest BCUT2D eigenvalue weighted by atomic mass is 10.0. The van der Waals surface area contributed by atoms with Gasteiger partial charge in [0.15, 0.2) is 5.76 Å². The lowest BCUT2D eigenvalue weighted by molar-refractivity contribution is 0.0872. The second-order valence-electron chi connectivity index (χ2n) is 7.04. The van der Waals surface area contributed by atoms with E-state index in [2.05, 4.69) is 9.88 Å². The van der Waals surface area contributed by atoms with E-state index >= 15 is 0 Å². The third kappa shape index (κ3) is 3.39. The highest BCUT2D eigenvalue weighted by atomic mass is 19.1. The van der Waals surface area contributed by atoms with E-state index in [-0.39, 0.29) is 17.4 Å². The van der Waals surface area contributed by atoms with Gasteiger partial charge in [0, 0.05) is 25.5 Å². The normalized spacial score (nSPS) is 16.9. The van der Waals surface area contributed by atoms with Gasteiger partial charge < -0.3 is 9.47 Å². The molecule has 2 aliphatic heterocycles. The Morgan fingerprint density at radius 3 is 2.93 bits per heavy atom. The molecule has 144 valence electrons. The third-order valence-corrected chi connectivity index (χ3v) is 4.96. The minimum absolute atomic E-state index is 0.184. The molecule has 0 unspecified atom stereocenters. The first kappa shape index (κ1) is 17.6. The first-order valence-electron chi connectivity index (χ1n) is 9.27. The Morgan fingerprint density at radius 1 is 1.17 bits per heavy atom. The zero-order valence-electron chi connectivity index (χ0n) is 15.5. The lowest BCUT2D eigenvalue weighted by Gasteiger charge is -2.29. The minimum Gasteiger partial charge on any atom is -0.478 e. The van der Waals surface area contributed by atoms with Crippen LogP contribution in [0, 0.1) is 5.82 Å². The zero-order chi connectivity index (χ0) is 19.8. The van der Waals surface area contributed by atoms with E-state index < -0.39 is 0 Å². The number of pyridine rings is 1. The monoisotopic (exact) mass is 388 g/mol. The number of Topliss-reactive ketones (excluding diaryl/α,β-unsaturated/α-hetero) is 1. The number of hydrogen-bond donors (Lipinski definition) is 0. The molecule has 0 fully saturated rings. The van der Waals surface area contributed by atoms with Crippen molar-refractivity contribution in [3.05, 3.63) is 94.8 Å². The van der Waals surface area contributed by atoms with Crippen LogP contribution in [-0.2, 0) is 13.1 Å². The summed E-state index contributed by atoms with van der Waals surface area (Å²) in [5.74, 6) is 0.844. The van der Waals surface area contributed by atoms with Gasteiger partial charge in [-0.05, 0) is 47.5 Å². The Morgan fingerprint density at radius 2 is 2.10 bits per heavy atom. The average molecular weight is 388 g/mol. The van der Waals surface area contributed by atoms with Crippen molar-refractivity contribution in [3.8, 4) is 11.5 Å². The summed E-state index contributed by atoms with van der Waals surface area (Å²) in [7, 11) is 0. The van der Waals surface area contributed by atoms with Crippen LogP contribution in [-0.4, -0.2) is 22.4 Å². The minimum atomic E-state index is -0.362. The highest BCUT2D eigenvalue weighted by molar-refractivity contribution is 6.15. The number of halogens is 1. The van der Waals surface area contributed by atoms with E-state index in [9.17, 15) is 9.18 Å². The maximum Gasteiger partial charge on any atom is 0.231 e. The van der Waals surface area contributed by atoms with E-state index in [4.69, 9.17) is 9.47 Å². The summed E-state index contributed by atoms with van der Waals surface area (Å²) >= 11 is 0. The fourth-order valence-corrected chi connectivity index (χ4v) is 3.60. The molecule has 0 atom stereocenters. The molecule has 0 amide bonds. The van der Waals surface area contributed by atoms with Crippen molar-refractivity contribution in [3.63, 3.8) is 0 Å². The van der Waals surface area contributed by atoms with Crippen molar-refractivity contribution in [1.82, 2.24) is 9.88 Å². The molecule has 0 bridgehead atoms. The van der Waals surface area contributed by atoms with Gasteiger partial charge in [-0.15, -0.1) is 0 Å². The number of carbonyl (C=O) groups excluding carboxylic acids is 1. The SMILES string of the molecule is O=C1/C(=C/c2cccc(F)c2)Oc2c1ccc1c2CN(Cc2cccnc2)CO1. The average Bonchev–Trinajstić information content (AvgIpc) is 3.05. The molecule has 2 aliphatic rings. The number of allylic oxidation sites excluding steroid dienone is 1. The molecule has 0 saturated heterocycles. The number of ether oxygens (including phenoxy) is 2. The second-order valence-corrected chi connectivity index (χ2v) is 7.04. The van der Waals surface area contributed by atoms with Gasteiger partial charge in [0.05, 0.1) is 11.1 Å². The third-order valence-electron chi connectivity index (χ3n) is 4.96. The number of ketones is 1. The maximum absolute atomic E-state index is 13.5. The molecule has 0 aliphatic carbocycles. The number of rotatable bonds is 3.